The summed E-state index contributed by atoms with van der Waals surface area (Å²) in [6, 6.07) is 13.3. The molecule has 1 aliphatic rings. The number of hydrogen-bond acceptors (Lipinski definition) is 10. The summed E-state index contributed by atoms with van der Waals surface area (Å²) in [6.45, 7) is 2.09. The maximum Gasteiger partial charge on any atom is 0.349 e. The highest BCUT2D eigenvalue weighted by Gasteiger charge is 2.26. The molecule has 41 heavy (non-hydrogen) atoms. The van der Waals surface area contributed by atoms with Gasteiger partial charge in [0, 0.05) is 30.8 Å². The van der Waals surface area contributed by atoms with Crippen LogP contribution in [0.15, 0.2) is 59.5 Å². The van der Waals surface area contributed by atoms with Crippen LogP contribution in [-0.2, 0) is 4.79 Å². The fourth-order valence-electron chi connectivity index (χ4n) is 4.00. The molecule has 2 aromatic carbocycles. The number of pyridine rings is 1. The lowest BCUT2D eigenvalue weighted by molar-refractivity contribution is -0.134. The number of amidine groups is 1. The topological polar surface area (TPSA) is 216 Å². The van der Waals surface area contributed by atoms with E-state index in [0.717, 1.165) is 18.0 Å². The minimum atomic E-state index is -0.833. The predicted molar refractivity (Wildman–Crippen MR) is 151 cm³/mol. The minimum absolute atomic E-state index is 0.0354. The van der Waals surface area contributed by atoms with Gasteiger partial charge in [0.25, 0.3) is 5.97 Å². The average molecular weight is 563 g/mol. The number of aromatic amines is 1. The Labute approximate surface area is 234 Å². The van der Waals surface area contributed by atoms with Gasteiger partial charge in [0.15, 0.2) is 23.1 Å². The molecule has 0 bridgehead atoms. The van der Waals surface area contributed by atoms with Crippen LogP contribution < -0.4 is 36.7 Å². The van der Waals surface area contributed by atoms with Crippen LogP contribution in [0.3, 0.4) is 0 Å². The first kappa shape index (κ1) is 28.5. The van der Waals surface area contributed by atoms with E-state index in [1.54, 1.807) is 43.5 Å². The van der Waals surface area contributed by atoms with E-state index in [1.807, 2.05) is 12.1 Å². The summed E-state index contributed by atoms with van der Waals surface area (Å²) in [5.74, 6) is 1.20. The number of ether oxygens (including phenoxy) is 3. The van der Waals surface area contributed by atoms with Gasteiger partial charge in [-0.1, -0.05) is 0 Å². The van der Waals surface area contributed by atoms with Gasteiger partial charge in [0.05, 0.1) is 26.0 Å². The molecule has 0 aliphatic carbocycles. The summed E-state index contributed by atoms with van der Waals surface area (Å²) in [4.78, 5) is 28.9. The number of nitrogens with one attached hydrogen (secondary N) is 3. The number of aliphatic carboxylic acids is 1. The van der Waals surface area contributed by atoms with Crippen molar-refractivity contribution in [3.05, 3.63) is 82.2 Å². The third-order valence-corrected chi connectivity index (χ3v) is 5.82. The number of anilines is 2. The Bertz CT molecular complexity index is 1590. The lowest BCUT2D eigenvalue weighted by Gasteiger charge is -2.21. The van der Waals surface area contributed by atoms with Crippen molar-refractivity contribution in [1.82, 2.24) is 19.7 Å². The van der Waals surface area contributed by atoms with Crippen LogP contribution in [0.25, 0.3) is 5.82 Å². The highest BCUT2D eigenvalue weighted by atomic mass is 16.5. The summed E-state index contributed by atoms with van der Waals surface area (Å²) < 4.78 is 18.5. The maximum atomic E-state index is 12.9. The van der Waals surface area contributed by atoms with Gasteiger partial charge >= 0.3 is 5.69 Å². The third kappa shape index (κ3) is 6.73. The molecule has 0 fully saturated rings. The second kappa shape index (κ2) is 12.5. The molecule has 8 N–H and O–H groups in total. The molecular weight excluding hydrogens is 532 g/mol. The number of nitrogens with zero attached hydrogens (tertiary/aromatic N) is 3. The fraction of sp³-hybridized carbons (Fsp3) is 0.222. The van der Waals surface area contributed by atoms with Crippen LogP contribution in [0.2, 0.25) is 0 Å². The van der Waals surface area contributed by atoms with Crippen LogP contribution in [0.1, 0.15) is 36.3 Å². The smallest absolute Gasteiger partial charge is 0.349 e. The molecular formula is C27H30N8O6. The number of benzene rings is 2. The third-order valence-electron chi connectivity index (χ3n) is 5.82. The second-order valence-corrected chi connectivity index (χ2v) is 8.83. The molecule has 0 radical (unpaired) electrons. The predicted octanol–water partition coefficient (Wildman–Crippen LogP) is 2.28. The normalized spacial score (nSPS) is 12.7. The molecule has 0 spiro atoms. The van der Waals surface area contributed by atoms with E-state index in [1.165, 1.54) is 6.20 Å². The highest BCUT2D eigenvalue weighted by Crippen LogP contribution is 2.42. The summed E-state index contributed by atoms with van der Waals surface area (Å²) in [6.07, 6.45) is 2.27. The van der Waals surface area contributed by atoms with Crippen molar-refractivity contribution in [2.75, 3.05) is 31.4 Å². The van der Waals surface area contributed by atoms with Crippen molar-refractivity contribution >= 4 is 23.2 Å². The zero-order valence-electron chi connectivity index (χ0n) is 22.4. The lowest BCUT2D eigenvalue weighted by atomic mass is 10.0. The van der Waals surface area contributed by atoms with E-state index in [4.69, 9.17) is 41.0 Å². The molecule has 2 aromatic heterocycles. The first-order valence-corrected chi connectivity index (χ1v) is 12.5. The number of nitrogens with two attached hydrogens (primary N) is 2. The van der Waals surface area contributed by atoms with Gasteiger partial charge in [0.1, 0.15) is 11.9 Å². The van der Waals surface area contributed by atoms with E-state index in [2.05, 4.69) is 20.4 Å². The number of H-pyrrole nitrogens is 1. The molecule has 14 heteroatoms. The average Bonchev–Trinajstić information content (AvgIpc) is 3.16. The van der Waals surface area contributed by atoms with Gasteiger partial charge in [0.2, 0.25) is 5.75 Å². The van der Waals surface area contributed by atoms with Gasteiger partial charge in [-0.2, -0.15) is 4.68 Å². The van der Waals surface area contributed by atoms with E-state index in [-0.39, 0.29) is 11.7 Å². The summed E-state index contributed by atoms with van der Waals surface area (Å²) in [7, 11) is 1.55. The van der Waals surface area contributed by atoms with Crippen LogP contribution in [-0.4, -0.2) is 57.0 Å². The van der Waals surface area contributed by atoms with E-state index in [0.29, 0.717) is 58.8 Å². The molecule has 0 amide bonds. The Morgan fingerprint density at radius 2 is 1.93 bits per heavy atom. The van der Waals surface area contributed by atoms with Gasteiger partial charge < -0.3 is 36.1 Å². The Hall–Kier alpha value is -5.53. The Morgan fingerprint density at radius 3 is 2.59 bits per heavy atom. The number of aromatic nitrogens is 4. The van der Waals surface area contributed by atoms with Crippen molar-refractivity contribution in [2.45, 2.75) is 19.4 Å². The molecule has 1 atom stereocenters. The van der Waals surface area contributed by atoms with E-state index in [9.17, 15) is 4.79 Å². The summed E-state index contributed by atoms with van der Waals surface area (Å²) in [5, 5.41) is 23.0. The lowest BCUT2D eigenvalue weighted by Crippen LogP contribution is -2.18. The highest BCUT2D eigenvalue weighted by molar-refractivity contribution is 5.95. The van der Waals surface area contributed by atoms with Crippen molar-refractivity contribution < 1.29 is 24.1 Å². The molecule has 1 aliphatic heterocycles. The molecule has 4 aromatic rings. The number of hydrogen-bond donors (Lipinski definition) is 6. The van der Waals surface area contributed by atoms with Crippen molar-refractivity contribution in [2.24, 2.45) is 5.73 Å². The SMILES string of the molecule is CC(=O)O.COc1cc([C@H](Nc2ccc(C(=N)N)cc2)c2nn(-c3ncccc3N)c(=O)[nH]2)cc2c1OCCCO2. The molecule has 0 unspecified atom stereocenters. The molecule has 3 heterocycles. The van der Waals surface area contributed by atoms with Gasteiger partial charge in [-0.25, -0.2) is 9.78 Å². The molecule has 14 nitrogen and oxygen atoms in total. The number of carboxylic acids is 1. The number of methoxy groups -OCH3 is 1. The zero-order valence-corrected chi connectivity index (χ0v) is 22.4. The van der Waals surface area contributed by atoms with Crippen molar-refractivity contribution in [1.29, 1.82) is 5.41 Å². The van der Waals surface area contributed by atoms with E-state index < -0.39 is 17.7 Å². The van der Waals surface area contributed by atoms with Crippen LogP contribution in [0, 0.1) is 5.41 Å². The second-order valence-electron chi connectivity index (χ2n) is 8.83. The quantitative estimate of drug-likeness (QED) is 0.142. The van der Waals surface area contributed by atoms with Crippen molar-refractivity contribution in [3.8, 4) is 23.1 Å². The minimum Gasteiger partial charge on any atom is -0.493 e. The fourth-order valence-corrected chi connectivity index (χ4v) is 4.00. The number of carbonyl (C=O) groups is 1. The van der Waals surface area contributed by atoms with Crippen LogP contribution in [0.5, 0.6) is 17.2 Å². The monoisotopic (exact) mass is 562 g/mol. The van der Waals surface area contributed by atoms with Gasteiger partial charge in [-0.3, -0.25) is 15.2 Å². The first-order valence-electron chi connectivity index (χ1n) is 12.5. The number of carboxylic acid groups (broad SMARTS) is 1. The molecule has 5 rings (SSSR count). The van der Waals surface area contributed by atoms with Crippen LogP contribution in [0.4, 0.5) is 11.4 Å². The van der Waals surface area contributed by atoms with Gasteiger partial charge in [-0.15, -0.1) is 5.10 Å². The summed E-state index contributed by atoms with van der Waals surface area (Å²) >= 11 is 0. The molecule has 0 saturated carbocycles. The maximum absolute atomic E-state index is 12.9. The first-order chi connectivity index (χ1) is 19.7. The number of nitrogen functional groups attached to an aromatic ring is 2. The largest absolute Gasteiger partial charge is 0.493 e. The standard InChI is InChI=1S/C25H26N8O4.C2H4O2/c1-35-18-12-15(13-19-21(18)37-11-3-10-36-19)20(30-16-7-5-14(6-8-16)22(27)28)23-31-25(34)33(32-23)24-17(26)4-2-9-29-24;1-2(3)4/h2,4-9,12-13,20,30H,3,10-11,26H2,1H3,(H3,27,28)(H,31,32,34);1H3,(H,3,4)/t20-;/m0./s1. The summed E-state index contributed by atoms with van der Waals surface area (Å²) in [5.41, 5.74) is 13.4. The van der Waals surface area contributed by atoms with Crippen molar-refractivity contribution in [3.63, 3.8) is 0 Å². The number of rotatable bonds is 7. The number of fused-ring (bicyclic) bond motifs is 1. The van der Waals surface area contributed by atoms with Crippen LogP contribution >= 0.6 is 0 Å². The van der Waals surface area contributed by atoms with E-state index >= 15 is 0 Å². The Balaban J connectivity index is 0.000000909. The molecule has 0 saturated heterocycles. The Kier molecular flexibility index (Phi) is 8.72. The Morgan fingerprint density at radius 1 is 1.22 bits per heavy atom. The molecule has 214 valence electrons. The van der Waals surface area contributed by atoms with Gasteiger partial charge in [-0.05, 0) is 54.1 Å². The zero-order chi connectivity index (χ0) is 29.5.